The Bertz CT molecular complexity index is 1170. The van der Waals surface area contributed by atoms with Crippen molar-refractivity contribution in [2.75, 3.05) is 34.5 Å². The zero-order valence-electron chi connectivity index (χ0n) is 18.2. The largest absolute Gasteiger partial charge is 0.497 e. The maximum atomic E-state index is 12.5. The van der Waals surface area contributed by atoms with Crippen LogP contribution >= 0.6 is 11.3 Å². The predicted octanol–water partition coefficient (Wildman–Crippen LogP) is 2.80. The Morgan fingerprint density at radius 2 is 1.62 bits per heavy atom. The van der Waals surface area contributed by atoms with Gasteiger partial charge in [0.15, 0.2) is 22.9 Å². The number of amides is 1. The van der Waals surface area contributed by atoms with Crippen LogP contribution in [0.1, 0.15) is 6.92 Å². The summed E-state index contributed by atoms with van der Waals surface area (Å²) in [5.74, 6) is 1.29. The highest BCUT2D eigenvalue weighted by molar-refractivity contribution is 7.16. The molecule has 9 nitrogen and oxygen atoms in total. The minimum absolute atomic E-state index is 0.102. The third-order valence-electron chi connectivity index (χ3n) is 4.42. The van der Waals surface area contributed by atoms with Crippen molar-refractivity contribution in [3.05, 3.63) is 41.2 Å². The minimum atomic E-state index is -0.496. The molecule has 1 amide bonds. The third kappa shape index (κ3) is 5.38. The van der Waals surface area contributed by atoms with E-state index in [4.69, 9.17) is 23.7 Å². The minimum Gasteiger partial charge on any atom is -0.497 e. The van der Waals surface area contributed by atoms with Crippen molar-refractivity contribution in [3.63, 3.8) is 0 Å². The van der Waals surface area contributed by atoms with Gasteiger partial charge in [-0.2, -0.15) is 4.99 Å². The van der Waals surface area contributed by atoms with E-state index in [2.05, 4.69) is 4.99 Å². The normalized spacial score (nSPS) is 11.3. The highest BCUT2D eigenvalue weighted by Crippen LogP contribution is 2.33. The molecular formula is C22H24N2O7S. The number of thiazole rings is 1. The summed E-state index contributed by atoms with van der Waals surface area (Å²) in [6.07, 6.45) is 0. The number of esters is 1. The zero-order valence-corrected chi connectivity index (χ0v) is 19.1. The lowest BCUT2D eigenvalue weighted by atomic mass is 10.3. The summed E-state index contributed by atoms with van der Waals surface area (Å²) in [5, 5.41) is 0. The summed E-state index contributed by atoms with van der Waals surface area (Å²) in [5.41, 5.74) is 0.670. The molecule has 2 aromatic carbocycles. The number of carbonyl (C=O) groups excluding carboxylic acids is 2. The van der Waals surface area contributed by atoms with Gasteiger partial charge in [-0.25, -0.2) is 0 Å². The Labute approximate surface area is 188 Å². The van der Waals surface area contributed by atoms with Crippen molar-refractivity contribution < 1.29 is 33.3 Å². The van der Waals surface area contributed by atoms with E-state index in [0.29, 0.717) is 33.3 Å². The average molecular weight is 461 g/mol. The second-order valence-electron chi connectivity index (χ2n) is 6.42. The first-order valence-corrected chi connectivity index (χ1v) is 10.6. The number of ether oxygens (including phenoxy) is 5. The van der Waals surface area contributed by atoms with Gasteiger partial charge in [0.25, 0.3) is 5.91 Å². The molecule has 0 aliphatic carbocycles. The number of carbonyl (C=O) groups is 2. The van der Waals surface area contributed by atoms with E-state index < -0.39 is 11.9 Å². The first-order valence-electron chi connectivity index (χ1n) is 9.74. The van der Waals surface area contributed by atoms with Gasteiger partial charge in [-0.1, -0.05) is 11.3 Å². The van der Waals surface area contributed by atoms with Crippen LogP contribution in [0.5, 0.6) is 23.0 Å². The Morgan fingerprint density at radius 3 is 2.25 bits per heavy atom. The van der Waals surface area contributed by atoms with Gasteiger partial charge in [-0.15, -0.1) is 0 Å². The van der Waals surface area contributed by atoms with E-state index in [1.165, 1.54) is 25.6 Å². The lowest BCUT2D eigenvalue weighted by Crippen LogP contribution is -2.24. The summed E-state index contributed by atoms with van der Waals surface area (Å²) < 4.78 is 28.8. The summed E-state index contributed by atoms with van der Waals surface area (Å²) in [4.78, 5) is 29.2. The van der Waals surface area contributed by atoms with Crippen molar-refractivity contribution >= 4 is 33.4 Å². The summed E-state index contributed by atoms with van der Waals surface area (Å²) in [6.45, 7) is 1.62. The van der Waals surface area contributed by atoms with Crippen molar-refractivity contribution in [2.24, 2.45) is 4.99 Å². The highest BCUT2D eigenvalue weighted by Gasteiger charge is 2.16. The smallest absolute Gasteiger partial charge is 0.326 e. The molecule has 0 N–H and O–H groups in total. The van der Waals surface area contributed by atoms with Crippen LogP contribution in [-0.2, 0) is 20.9 Å². The van der Waals surface area contributed by atoms with E-state index >= 15 is 0 Å². The van der Waals surface area contributed by atoms with E-state index in [0.717, 1.165) is 4.70 Å². The van der Waals surface area contributed by atoms with E-state index in [1.807, 2.05) is 0 Å². The number of nitrogens with zero attached hydrogens (tertiary/aromatic N) is 2. The maximum Gasteiger partial charge on any atom is 0.326 e. The standard InChI is InChI=1S/C22H24N2O7S/c1-5-30-21(26)12-24-16-10-17(28-3)18(29-4)11-19(16)32-22(24)23-20(25)13-31-15-8-6-14(27-2)7-9-15/h6-11H,5,12-13H2,1-4H3. The fourth-order valence-corrected chi connectivity index (χ4v) is 3.98. The molecule has 0 fully saturated rings. The molecule has 0 bridgehead atoms. The molecular weight excluding hydrogens is 436 g/mol. The van der Waals surface area contributed by atoms with Crippen LogP contribution in [0.25, 0.3) is 10.2 Å². The Morgan fingerprint density at radius 1 is 0.969 bits per heavy atom. The van der Waals surface area contributed by atoms with Crippen molar-refractivity contribution in [1.82, 2.24) is 4.57 Å². The van der Waals surface area contributed by atoms with Gasteiger partial charge in [-0.3, -0.25) is 9.59 Å². The third-order valence-corrected chi connectivity index (χ3v) is 5.46. The Kier molecular flexibility index (Phi) is 7.72. The molecule has 0 spiro atoms. The fraction of sp³-hybridized carbons (Fsp3) is 0.318. The van der Waals surface area contributed by atoms with Gasteiger partial charge in [0.1, 0.15) is 18.0 Å². The molecule has 1 heterocycles. The number of rotatable bonds is 9. The number of hydrogen-bond donors (Lipinski definition) is 0. The van der Waals surface area contributed by atoms with Gasteiger partial charge in [-0.05, 0) is 31.2 Å². The van der Waals surface area contributed by atoms with E-state index in [-0.39, 0.29) is 19.8 Å². The number of methoxy groups -OCH3 is 3. The molecule has 1 aromatic heterocycles. The molecule has 10 heteroatoms. The molecule has 170 valence electrons. The Balaban J connectivity index is 1.93. The monoisotopic (exact) mass is 460 g/mol. The topological polar surface area (TPSA) is 97.6 Å². The second-order valence-corrected chi connectivity index (χ2v) is 7.43. The van der Waals surface area contributed by atoms with Gasteiger partial charge >= 0.3 is 5.97 Å². The molecule has 32 heavy (non-hydrogen) atoms. The van der Waals surface area contributed by atoms with E-state index in [9.17, 15) is 9.59 Å². The Hall–Kier alpha value is -3.53. The summed E-state index contributed by atoms with van der Waals surface area (Å²) >= 11 is 1.25. The number of benzene rings is 2. The van der Waals surface area contributed by atoms with Crippen LogP contribution < -0.4 is 23.7 Å². The quantitative estimate of drug-likeness (QED) is 0.453. The second kappa shape index (κ2) is 10.7. The van der Waals surface area contributed by atoms with Crippen LogP contribution in [0.4, 0.5) is 0 Å². The zero-order chi connectivity index (χ0) is 23.1. The number of hydrogen-bond acceptors (Lipinski definition) is 8. The van der Waals surface area contributed by atoms with Gasteiger partial charge in [0.05, 0.1) is 38.2 Å². The molecule has 3 rings (SSSR count). The molecule has 3 aromatic rings. The van der Waals surface area contributed by atoms with Crippen molar-refractivity contribution in [2.45, 2.75) is 13.5 Å². The van der Waals surface area contributed by atoms with Gasteiger partial charge in [0.2, 0.25) is 0 Å². The fourth-order valence-electron chi connectivity index (χ4n) is 2.93. The first-order chi connectivity index (χ1) is 15.5. The molecule has 0 unspecified atom stereocenters. The van der Waals surface area contributed by atoms with Crippen LogP contribution in [-0.4, -0.2) is 51.0 Å². The predicted molar refractivity (Wildman–Crippen MR) is 119 cm³/mol. The van der Waals surface area contributed by atoms with Crippen LogP contribution in [0.2, 0.25) is 0 Å². The summed E-state index contributed by atoms with van der Waals surface area (Å²) in [7, 11) is 4.63. The van der Waals surface area contributed by atoms with Crippen molar-refractivity contribution in [1.29, 1.82) is 0 Å². The molecule has 0 radical (unpaired) electrons. The summed E-state index contributed by atoms with van der Waals surface area (Å²) in [6, 6.07) is 10.4. The van der Waals surface area contributed by atoms with Crippen LogP contribution in [0.3, 0.4) is 0 Å². The van der Waals surface area contributed by atoms with Crippen molar-refractivity contribution in [3.8, 4) is 23.0 Å². The highest BCUT2D eigenvalue weighted by atomic mass is 32.1. The molecule has 0 atom stereocenters. The lowest BCUT2D eigenvalue weighted by molar-refractivity contribution is -0.143. The number of aromatic nitrogens is 1. The lowest BCUT2D eigenvalue weighted by Gasteiger charge is -2.09. The maximum absolute atomic E-state index is 12.5. The van der Waals surface area contributed by atoms with Gasteiger partial charge < -0.3 is 28.3 Å². The first kappa shape index (κ1) is 23.1. The molecule has 0 aliphatic heterocycles. The van der Waals surface area contributed by atoms with Crippen LogP contribution in [0.15, 0.2) is 41.4 Å². The van der Waals surface area contributed by atoms with Gasteiger partial charge in [0, 0.05) is 12.1 Å². The SMILES string of the molecule is CCOC(=O)Cn1c(=NC(=O)COc2ccc(OC)cc2)sc2cc(OC)c(OC)cc21. The molecule has 0 saturated heterocycles. The number of fused-ring (bicyclic) bond motifs is 1. The van der Waals surface area contributed by atoms with Crippen LogP contribution in [0, 0.1) is 0 Å². The average Bonchev–Trinajstić information content (AvgIpc) is 3.12. The molecule has 0 saturated carbocycles. The molecule has 0 aliphatic rings. The van der Waals surface area contributed by atoms with E-state index in [1.54, 1.807) is 55.0 Å².